The van der Waals surface area contributed by atoms with E-state index in [2.05, 4.69) is 10.4 Å². The molecule has 3 heterocycles. The quantitative estimate of drug-likeness (QED) is 0.617. The molecule has 2 aliphatic rings. The number of amides is 3. The fraction of sp³-hybridized carbons (Fsp3) is 0.389. The maximum absolute atomic E-state index is 13.4. The minimum atomic E-state index is -1.63. The molecule has 3 N–H and O–H groups in total. The lowest BCUT2D eigenvalue weighted by atomic mass is 10.2. The Morgan fingerprint density at radius 1 is 1.20 bits per heavy atom. The summed E-state index contributed by atoms with van der Waals surface area (Å²) in [5.41, 5.74) is 0.595. The second-order valence-electron chi connectivity index (χ2n) is 7.28. The van der Waals surface area contributed by atoms with Gasteiger partial charge in [0.05, 0.1) is 43.3 Å². The number of urea groups is 1. The van der Waals surface area contributed by atoms with Gasteiger partial charge < -0.3 is 25.3 Å². The number of carbonyl (C=O) groups is 2. The Balaban J connectivity index is 1.57. The van der Waals surface area contributed by atoms with E-state index in [1.54, 1.807) is 11.6 Å². The molecule has 0 bridgehead atoms. The van der Waals surface area contributed by atoms with Crippen LogP contribution in [0.5, 0.6) is 0 Å². The second-order valence-corrected chi connectivity index (χ2v) is 7.28. The number of nitrogens with one attached hydrogen (secondary N) is 1. The van der Waals surface area contributed by atoms with E-state index in [0.29, 0.717) is 23.5 Å². The summed E-state index contributed by atoms with van der Waals surface area (Å²) in [6.07, 6.45) is -1.36. The van der Waals surface area contributed by atoms with Crippen molar-refractivity contribution >= 4 is 23.3 Å². The second kappa shape index (κ2) is 7.29. The zero-order chi connectivity index (χ0) is 21.7. The van der Waals surface area contributed by atoms with Gasteiger partial charge in [-0.25, -0.2) is 18.0 Å². The maximum atomic E-state index is 13.4. The fourth-order valence-corrected chi connectivity index (χ4v) is 3.63. The molecular weight excluding hydrogens is 407 g/mol. The van der Waals surface area contributed by atoms with Crippen LogP contribution < -0.4 is 10.2 Å². The molecule has 12 heteroatoms. The predicted octanol–water partition coefficient (Wildman–Crippen LogP) is 0.805. The minimum Gasteiger partial charge on any atom is -0.388 e. The van der Waals surface area contributed by atoms with Gasteiger partial charge in [0.2, 0.25) is 0 Å². The zero-order valence-corrected chi connectivity index (χ0v) is 15.7. The van der Waals surface area contributed by atoms with Crippen molar-refractivity contribution in [3.8, 4) is 0 Å². The van der Waals surface area contributed by atoms with Crippen molar-refractivity contribution in [3.63, 3.8) is 0 Å². The molecule has 1 fully saturated rings. The first-order valence-electron chi connectivity index (χ1n) is 9.11. The van der Waals surface area contributed by atoms with Crippen molar-refractivity contribution in [1.29, 1.82) is 0 Å². The molecule has 1 aromatic heterocycles. The molecule has 3 amide bonds. The molecule has 2 aliphatic heterocycles. The molecule has 0 radical (unpaired) electrons. The molecule has 0 unspecified atom stereocenters. The largest absolute Gasteiger partial charge is 0.388 e. The molecule has 1 saturated heterocycles. The van der Waals surface area contributed by atoms with Gasteiger partial charge in [0.15, 0.2) is 23.6 Å². The van der Waals surface area contributed by atoms with E-state index in [1.165, 1.54) is 16.0 Å². The molecule has 4 rings (SSSR count). The molecule has 160 valence electrons. The monoisotopic (exact) mass is 425 g/mol. The normalized spacial score (nSPS) is 23.7. The Labute approximate surface area is 168 Å². The van der Waals surface area contributed by atoms with E-state index in [9.17, 15) is 33.0 Å². The lowest BCUT2D eigenvalue weighted by Crippen LogP contribution is -2.47. The van der Waals surface area contributed by atoms with Gasteiger partial charge in [-0.05, 0) is 6.92 Å². The summed E-state index contributed by atoms with van der Waals surface area (Å²) in [6.45, 7) is 1.91. The Morgan fingerprint density at radius 3 is 2.47 bits per heavy atom. The van der Waals surface area contributed by atoms with Crippen molar-refractivity contribution in [2.75, 3.05) is 16.8 Å². The van der Waals surface area contributed by atoms with Crippen LogP contribution in [0.2, 0.25) is 0 Å². The number of benzene rings is 1. The topological polar surface area (TPSA) is 111 Å². The van der Waals surface area contributed by atoms with E-state index in [0.717, 1.165) is 0 Å². The summed E-state index contributed by atoms with van der Waals surface area (Å²) in [4.78, 5) is 27.5. The summed E-state index contributed by atoms with van der Waals surface area (Å²) in [7, 11) is 0. The average Bonchev–Trinajstić information content (AvgIpc) is 3.20. The highest BCUT2D eigenvalue weighted by Gasteiger charge is 2.41. The van der Waals surface area contributed by atoms with Crippen LogP contribution in [-0.4, -0.2) is 61.6 Å². The molecule has 0 spiro atoms. The van der Waals surface area contributed by atoms with E-state index in [4.69, 9.17) is 0 Å². The number of fused-ring (bicyclic) bond motifs is 1. The van der Waals surface area contributed by atoms with Crippen LogP contribution in [-0.2, 0) is 17.9 Å². The number of nitrogens with zero attached hydrogens (tertiary/aromatic N) is 4. The maximum Gasteiger partial charge on any atom is 0.322 e. The molecular formula is C18H18F3N5O4. The van der Waals surface area contributed by atoms with Crippen molar-refractivity contribution in [2.24, 2.45) is 0 Å². The summed E-state index contributed by atoms with van der Waals surface area (Å²) < 4.78 is 41.6. The van der Waals surface area contributed by atoms with Gasteiger partial charge in [0.25, 0.3) is 5.91 Å². The number of hydrogen-bond acceptors (Lipinski definition) is 5. The van der Waals surface area contributed by atoms with Gasteiger partial charge in [0, 0.05) is 17.8 Å². The smallest absolute Gasteiger partial charge is 0.322 e. The lowest BCUT2D eigenvalue weighted by Gasteiger charge is -2.35. The third-order valence-electron chi connectivity index (χ3n) is 5.26. The number of aliphatic hydroxyl groups is 2. The highest BCUT2D eigenvalue weighted by Crippen LogP contribution is 2.30. The van der Waals surface area contributed by atoms with Crippen molar-refractivity contribution in [1.82, 2.24) is 14.7 Å². The molecule has 0 saturated carbocycles. The van der Waals surface area contributed by atoms with Gasteiger partial charge in [-0.3, -0.25) is 9.48 Å². The average molecular weight is 425 g/mol. The van der Waals surface area contributed by atoms with Crippen LogP contribution in [0, 0.1) is 17.5 Å². The fourth-order valence-electron chi connectivity index (χ4n) is 3.63. The van der Waals surface area contributed by atoms with Crippen molar-refractivity contribution in [3.05, 3.63) is 41.5 Å². The summed E-state index contributed by atoms with van der Waals surface area (Å²) in [6, 6.07) is 0.309. The van der Waals surface area contributed by atoms with Gasteiger partial charge >= 0.3 is 6.03 Å². The van der Waals surface area contributed by atoms with Crippen LogP contribution >= 0.6 is 0 Å². The van der Waals surface area contributed by atoms with E-state index in [1.807, 2.05) is 0 Å². The van der Waals surface area contributed by atoms with Gasteiger partial charge in [0.1, 0.15) is 6.10 Å². The molecule has 3 atom stereocenters. The number of hydrogen-bond donors (Lipinski definition) is 3. The van der Waals surface area contributed by atoms with E-state index < -0.39 is 41.6 Å². The Kier molecular flexibility index (Phi) is 4.90. The van der Waals surface area contributed by atoms with E-state index >= 15 is 0 Å². The molecule has 30 heavy (non-hydrogen) atoms. The zero-order valence-electron chi connectivity index (χ0n) is 15.7. The Hall–Kier alpha value is -3.12. The first kappa shape index (κ1) is 20.2. The lowest BCUT2D eigenvalue weighted by molar-refractivity contribution is -0.126. The van der Waals surface area contributed by atoms with E-state index in [-0.39, 0.29) is 31.4 Å². The third-order valence-corrected chi connectivity index (χ3v) is 5.26. The Morgan fingerprint density at radius 2 is 1.87 bits per heavy atom. The first-order valence-corrected chi connectivity index (χ1v) is 9.11. The third kappa shape index (κ3) is 3.27. The number of aromatic nitrogens is 2. The van der Waals surface area contributed by atoms with Crippen LogP contribution in [0.25, 0.3) is 0 Å². The SMILES string of the molecule is C[C@H]1Cn2ncc(N3C[C@@H](O)[C@@H](O)C3=O)c2CN1C(=O)Nc1cc(F)c(F)c(F)c1. The first-order chi connectivity index (χ1) is 14.2. The summed E-state index contributed by atoms with van der Waals surface area (Å²) in [5.74, 6) is -5.17. The summed E-state index contributed by atoms with van der Waals surface area (Å²) >= 11 is 0. The van der Waals surface area contributed by atoms with Crippen LogP contribution in [0.3, 0.4) is 0 Å². The van der Waals surface area contributed by atoms with Crippen LogP contribution in [0.1, 0.15) is 12.6 Å². The van der Waals surface area contributed by atoms with Crippen molar-refractivity contribution in [2.45, 2.75) is 38.3 Å². The summed E-state index contributed by atoms with van der Waals surface area (Å²) in [5, 5.41) is 26.0. The molecule has 9 nitrogen and oxygen atoms in total. The predicted molar refractivity (Wildman–Crippen MR) is 96.9 cm³/mol. The van der Waals surface area contributed by atoms with Crippen molar-refractivity contribution < 1.29 is 33.0 Å². The number of anilines is 2. The van der Waals surface area contributed by atoms with Gasteiger partial charge in [-0.2, -0.15) is 5.10 Å². The highest BCUT2D eigenvalue weighted by molar-refractivity contribution is 6.00. The van der Waals surface area contributed by atoms with Gasteiger partial charge in [-0.15, -0.1) is 0 Å². The number of rotatable bonds is 2. The number of carbonyl (C=O) groups excluding carboxylic acids is 2. The van der Waals surface area contributed by atoms with Crippen LogP contribution in [0.4, 0.5) is 29.3 Å². The number of β-amino-alcohol motifs (C(OH)–C–C–N with tert-alkyl or cyclic N) is 1. The number of halogens is 3. The molecule has 2 aromatic rings. The Bertz CT molecular complexity index is 1010. The highest BCUT2D eigenvalue weighted by atomic mass is 19.2. The molecule has 0 aliphatic carbocycles. The van der Waals surface area contributed by atoms with Gasteiger partial charge in [-0.1, -0.05) is 0 Å². The minimum absolute atomic E-state index is 0.00443. The number of aliphatic hydroxyl groups excluding tert-OH is 2. The van der Waals surface area contributed by atoms with Crippen LogP contribution in [0.15, 0.2) is 18.3 Å². The molecule has 1 aromatic carbocycles. The standard InChI is InChI=1S/C18H18F3N5O4/c1-8-5-26-13(12(4-22-26)25-7-14(27)16(28)17(25)29)6-24(8)18(30)23-9-2-10(19)15(21)11(20)3-9/h2-4,8,14,16,27-28H,5-7H2,1H3,(H,23,30)/t8-,14+,16+/m0/s1.